The van der Waals surface area contributed by atoms with E-state index in [1.54, 1.807) is 6.92 Å². The van der Waals surface area contributed by atoms with Gasteiger partial charge < -0.3 is 20.4 Å². The summed E-state index contributed by atoms with van der Waals surface area (Å²) in [6.07, 6.45) is 1.36. The van der Waals surface area contributed by atoms with Crippen molar-refractivity contribution in [1.29, 1.82) is 0 Å². The molecule has 1 aromatic rings. The molecular weight excluding hydrogens is 366 g/mol. The fourth-order valence-electron chi connectivity index (χ4n) is 4.44. The van der Waals surface area contributed by atoms with Gasteiger partial charge in [-0.05, 0) is 57.9 Å². The van der Waals surface area contributed by atoms with Crippen LogP contribution in [-0.2, 0) is 0 Å². The minimum absolute atomic E-state index is 0.00297. The molecule has 2 aliphatic heterocycles. The Hall–Kier alpha value is -2.07. The highest BCUT2D eigenvalue weighted by molar-refractivity contribution is 5.74. The molecule has 2 saturated heterocycles. The molecule has 0 unspecified atom stereocenters. The van der Waals surface area contributed by atoms with Crippen molar-refractivity contribution < 1.29 is 15.0 Å². The number of hydrogen-bond donors (Lipinski definition) is 3. The highest BCUT2D eigenvalue weighted by Gasteiger charge is 2.49. The molecular formula is C23H33N3O3. The first-order chi connectivity index (χ1) is 13.9. The molecule has 2 heterocycles. The number of rotatable bonds is 3. The first kappa shape index (κ1) is 21.6. The van der Waals surface area contributed by atoms with Crippen molar-refractivity contribution in [2.45, 2.75) is 63.8 Å². The van der Waals surface area contributed by atoms with E-state index in [1.807, 2.05) is 30.9 Å². The quantitative estimate of drug-likeness (QED) is 0.677. The Morgan fingerprint density at radius 3 is 2.52 bits per heavy atom. The Morgan fingerprint density at radius 2 is 1.90 bits per heavy atom. The molecule has 0 spiro atoms. The van der Waals surface area contributed by atoms with Crippen LogP contribution in [0.5, 0.6) is 0 Å². The molecule has 2 fully saturated rings. The minimum Gasteiger partial charge on any atom is -0.395 e. The first-order valence-corrected chi connectivity index (χ1v) is 10.6. The van der Waals surface area contributed by atoms with E-state index in [0.717, 1.165) is 37.1 Å². The SMILES string of the molecule is CC(C)NC(=O)N1CCCCN2[C@H](C1)[C@H](c1ccc(C#C[C@@H](C)O)cc1)[C@@H]2CO. The number of carbonyl (C=O) groups is 1. The van der Waals surface area contributed by atoms with Crippen molar-refractivity contribution >= 4 is 6.03 Å². The van der Waals surface area contributed by atoms with Crippen LogP contribution in [0.25, 0.3) is 0 Å². The van der Waals surface area contributed by atoms with Gasteiger partial charge in [-0.1, -0.05) is 24.0 Å². The van der Waals surface area contributed by atoms with Crippen LogP contribution >= 0.6 is 0 Å². The van der Waals surface area contributed by atoms with Crippen LogP contribution in [0.4, 0.5) is 4.79 Å². The van der Waals surface area contributed by atoms with Gasteiger partial charge in [0.25, 0.3) is 0 Å². The number of nitrogens with zero attached hydrogens (tertiary/aromatic N) is 2. The maximum Gasteiger partial charge on any atom is 0.317 e. The molecule has 158 valence electrons. The van der Waals surface area contributed by atoms with Crippen molar-refractivity contribution in [1.82, 2.24) is 15.1 Å². The van der Waals surface area contributed by atoms with Gasteiger partial charge in [0.1, 0.15) is 6.10 Å². The summed E-state index contributed by atoms with van der Waals surface area (Å²) >= 11 is 0. The van der Waals surface area contributed by atoms with Crippen molar-refractivity contribution in [2.24, 2.45) is 0 Å². The van der Waals surface area contributed by atoms with Gasteiger partial charge in [0.05, 0.1) is 6.61 Å². The summed E-state index contributed by atoms with van der Waals surface area (Å²) in [5.41, 5.74) is 2.03. The number of nitrogens with one attached hydrogen (secondary N) is 1. The third kappa shape index (κ3) is 5.11. The molecule has 0 aliphatic carbocycles. The van der Waals surface area contributed by atoms with E-state index in [-0.39, 0.29) is 36.7 Å². The summed E-state index contributed by atoms with van der Waals surface area (Å²) in [5.74, 6) is 5.91. The van der Waals surface area contributed by atoms with Crippen LogP contribution in [0.2, 0.25) is 0 Å². The number of benzene rings is 1. The van der Waals surface area contributed by atoms with Gasteiger partial charge in [0.15, 0.2) is 0 Å². The van der Waals surface area contributed by atoms with Crippen LogP contribution in [0, 0.1) is 11.8 Å². The van der Waals surface area contributed by atoms with Crippen LogP contribution in [0.3, 0.4) is 0 Å². The molecule has 0 bridgehead atoms. The van der Waals surface area contributed by atoms with E-state index < -0.39 is 6.10 Å². The lowest BCUT2D eigenvalue weighted by molar-refractivity contribution is -0.0591. The van der Waals surface area contributed by atoms with Crippen molar-refractivity contribution in [2.75, 3.05) is 26.2 Å². The predicted molar refractivity (Wildman–Crippen MR) is 114 cm³/mol. The number of aliphatic hydroxyl groups is 2. The normalized spacial score (nSPS) is 25.7. The van der Waals surface area contributed by atoms with Crippen molar-refractivity contribution in [3.8, 4) is 11.8 Å². The molecule has 6 nitrogen and oxygen atoms in total. The zero-order valence-electron chi connectivity index (χ0n) is 17.6. The van der Waals surface area contributed by atoms with E-state index in [4.69, 9.17) is 0 Å². The second-order valence-electron chi connectivity index (χ2n) is 8.41. The third-order valence-corrected chi connectivity index (χ3v) is 5.79. The van der Waals surface area contributed by atoms with Crippen LogP contribution < -0.4 is 5.32 Å². The number of aliphatic hydroxyl groups excluding tert-OH is 2. The summed E-state index contributed by atoms with van der Waals surface area (Å²) in [4.78, 5) is 16.9. The van der Waals surface area contributed by atoms with Crippen LogP contribution in [0.15, 0.2) is 24.3 Å². The van der Waals surface area contributed by atoms with Gasteiger partial charge >= 0.3 is 6.03 Å². The lowest BCUT2D eigenvalue weighted by Crippen LogP contribution is -2.68. The summed E-state index contributed by atoms with van der Waals surface area (Å²) in [5, 5.41) is 22.4. The number of carbonyl (C=O) groups excluding carboxylic acids is 1. The van der Waals surface area contributed by atoms with Gasteiger partial charge in [-0.2, -0.15) is 0 Å². The Morgan fingerprint density at radius 1 is 1.21 bits per heavy atom. The molecule has 4 atom stereocenters. The fourth-order valence-corrected chi connectivity index (χ4v) is 4.44. The Labute approximate surface area is 173 Å². The molecule has 2 aliphatic rings. The van der Waals surface area contributed by atoms with Gasteiger partial charge in [-0.3, -0.25) is 4.90 Å². The standard InChI is InChI=1S/C23H33N3O3/c1-16(2)24-23(29)25-12-4-5-13-26-20(14-25)22(21(26)15-27)19-10-8-18(9-11-19)7-6-17(3)28/h8-11,16-17,20-22,27-28H,4-5,12-15H2,1-3H3,(H,24,29)/t17-,20-,21+,22+/m1/s1. The van der Waals surface area contributed by atoms with Gasteiger partial charge in [-0.15, -0.1) is 0 Å². The summed E-state index contributed by atoms with van der Waals surface area (Å²) in [7, 11) is 0. The largest absolute Gasteiger partial charge is 0.395 e. The molecule has 6 heteroatoms. The van der Waals surface area contributed by atoms with E-state index in [9.17, 15) is 15.0 Å². The smallest absolute Gasteiger partial charge is 0.317 e. The van der Waals surface area contributed by atoms with E-state index in [1.165, 1.54) is 0 Å². The van der Waals surface area contributed by atoms with E-state index >= 15 is 0 Å². The lowest BCUT2D eigenvalue weighted by Gasteiger charge is -2.57. The second-order valence-corrected chi connectivity index (χ2v) is 8.41. The number of hydrogen-bond acceptors (Lipinski definition) is 4. The molecule has 0 saturated carbocycles. The number of urea groups is 1. The molecule has 3 rings (SSSR count). The topological polar surface area (TPSA) is 76.0 Å². The average Bonchev–Trinajstić information content (AvgIpc) is 2.65. The molecule has 0 aromatic heterocycles. The predicted octanol–water partition coefficient (Wildman–Crippen LogP) is 1.76. The third-order valence-electron chi connectivity index (χ3n) is 5.79. The highest BCUT2D eigenvalue weighted by Crippen LogP contribution is 2.41. The second kappa shape index (κ2) is 9.62. The lowest BCUT2D eigenvalue weighted by atomic mass is 9.74. The highest BCUT2D eigenvalue weighted by atomic mass is 16.3. The Balaban J connectivity index is 1.78. The number of amides is 2. The maximum atomic E-state index is 12.6. The zero-order chi connectivity index (χ0) is 21.0. The van der Waals surface area contributed by atoms with Crippen molar-refractivity contribution in [3.63, 3.8) is 0 Å². The van der Waals surface area contributed by atoms with Gasteiger partial charge in [0.2, 0.25) is 0 Å². The summed E-state index contributed by atoms with van der Waals surface area (Å²) < 4.78 is 0. The maximum absolute atomic E-state index is 12.6. The van der Waals surface area contributed by atoms with Crippen LogP contribution in [-0.4, -0.2) is 76.5 Å². The Bertz CT molecular complexity index is 751. The zero-order valence-corrected chi connectivity index (χ0v) is 17.6. The first-order valence-electron chi connectivity index (χ1n) is 10.6. The van der Waals surface area contributed by atoms with Crippen LogP contribution in [0.1, 0.15) is 50.7 Å². The average molecular weight is 400 g/mol. The van der Waals surface area contributed by atoms with E-state index in [0.29, 0.717) is 6.54 Å². The summed E-state index contributed by atoms with van der Waals surface area (Å²) in [6, 6.07) is 8.46. The fraction of sp³-hybridized carbons (Fsp3) is 0.609. The summed E-state index contributed by atoms with van der Waals surface area (Å²) in [6.45, 7) is 8.11. The van der Waals surface area contributed by atoms with Crippen molar-refractivity contribution in [3.05, 3.63) is 35.4 Å². The monoisotopic (exact) mass is 399 g/mol. The molecule has 2 amide bonds. The molecule has 0 radical (unpaired) electrons. The van der Waals surface area contributed by atoms with Gasteiger partial charge in [0, 0.05) is 42.7 Å². The number of fused-ring (bicyclic) bond motifs is 1. The van der Waals surface area contributed by atoms with Gasteiger partial charge in [-0.25, -0.2) is 4.79 Å². The molecule has 3 N–H and O–H groups in total. The Kier molecular flexibility index (Phi) is 7.18. The minimum atomic E-state index is -0.647. The molecule has 29 heavy (non-hydrogen) atoms. The molecule has 1 aromatic carbocycles. The van der Waals surface area contributed by atoms with E-state index in [2.05, 4.69) is 34.2 Å².